The summed E-state index contributed by atoms with van der Waals surface area (Å²) in [5, 5.41) is 8.35. The summed E-state index contributed by atoms with van der Waals surface area (Å²) in [5.74, 6) is -5.04. The van der Waals surface area contributed by atoms with E-state index in [2.05, 4.69) is 0 Å². The van der Waals surface area contributed by atoms with Crippen LogP contribution in [0.5, 0.6) is 0 Å². The Bertz CT molecular complexity index is 186. The van der Waals surface area contributed by atoms with Gasteiger partial charge in [0, 0.05) is 8.22 Å². The molecule has 0 radical (unpaired) electrons. The van der Waals surface area contributed by atoms with Gasteiger partial charge in [-0.05, 0) is 0 Å². The van der Waals surface area contributed by atoms with Crippen LogP contribution in [0.1, 0.15) is 22.0 Å². The number of aliphatic carboxylic acids is 1. The van der Waals surface area contributed by atoms with Crippen molar-refractivity contribution in [1.82, 2.24) is 0 Å². The van der Waals surface area contributed by atoms with Crippen molar-refractivity contribution in [1.29, 1.82) is 0 Å². The van der Waals surface area contributed by atoms with Gasteiger partial charge in [0.05, 0.1) is 5.89 Å². The lowest BCUT2D eigenvalue weighted by Gasteiger charge is -1.89. The monoisotopic (exact) mass is 94.1 g/mol. The van der Waals surface area contributed by atoms with E-state index in [9.17, 15) is 4.79 Å². The molecule has 2 heteroatoms. The Kier molecular flexibility index (Phi) is 0.299. The fourth-order valence-corrected chi connectivity index (χ4v) is 0. The van der Waals surface area contributed by atoms with Crippen molar-refractivity contribution in [3.05, 3.63) is 0 Å². The van der Waals surface area contributed by atoms with E-state index < -0.39 is 25.6 Å². The zero-order chi connectivity index (χ0) is 10.2. The van der Waals surface area contributed by atoms with E-state index in [4.69, 9.17) is 13.3 Å². The third-order valence-electron chi connectivity index (χ3n) is 0.230. The van der Waals surface area contributed by atoms with Crippen LogP contribution in [-0.2, 0) is 4.79 Å². The van der Waals surface area contributed by atoms with Gasteiger partial charge in [0.15, 0.2) is 0 Å². The van der Waals surface area contributed by atoms with Crippen LogP contribution in [-0.4, -0.2) is 11.1 Å². The second-order valence-corrected chi connectivity index (χ2v) is 0.719. The minimum absolute atomic E-state index is 1.97. The van der Waals surface area contributed by atoms with Crippen molar-refractivity contribution in [2.75, 3.05) is 0 Å². The fraction of sp³-hybridized carbons (Fsp3) is 0.750. The molecule has 0 spiro atoms. The molecule has 0 saturated heterocycles. The van der Waals surface area contributed by atoms with Gasteiger partial charge in [-0.25, -0.2) is 0 Å². The summed E-state index contributed by atoms with van der Waals surface area (Å²) < 4.78 is 40.3. The van der Waals surface area contributed by atoms with Crippen molar-refractivity contribution in [2.24, 2.45) is 5.89 Å². The largest absolute Gasteiger partial charge is 0.481 e. The maximum absolute atomic E-state index is 10.3. The summed E-state index contributed by atoms with van der Waals surface area (Å²) in [6.07, 6.45) is 0. The molecule has 0 aromatic carbocycles. The van der Waals surface area contributed by atoms with Crippen LogP contribution in [0, 0.1) is 5.89 Å². The topological polar surface area (TPSA) is 37.3 Å². The smallest absolute Gasteiger partial charge is 0.305 e. The van der Waals surface area contributed by atoms with Crippen molar-refractivity contribution in [2.45, 2.75) is 13.7 Å². The predicted octanol–water partition coefficient (Wildman–Crippen LogP) is 0.727. The third-order valence-corrected chi connectivity index (χ3v) is 0.230. The summed E-state index contributed by atoms with van der Waals surface area (Å²) in [6, 6.07) is 0. The zero-order valence-corrected chi connectivity index (χ0v) is 2.93. The molecule has 0 bridgehead atoms. The molecule has 0 heterocycles. The summed E-state index contributed by atoms with van der Waals surface area (Å²) >= 11 is 0. The van der Waals surface area contributed by atoms with Gasteiger partial charge < -0.3 is 5.11 Å². The van der Waals surface area contributed by atoms with E-state index in [-0.39, 0.29) is 0 Å². The van der Waals surface area contributed by atoms with Gasteiger partial charge in [-0.1, -0.05) is 13.7 Å². The zero-order valence-electron chi connectivity index (χ0n) is 8.93. The number of hydrogen-bond donors (Lipinski definition) is 1. The molecule has 0 fully saturated rings. The Balaban J connectivity index is 5.02. The molecule has 0 aromatic heterocycles. The first-order valence-corrected chi connectivity index (χ1v) is 1.22. The van der Waals surface area contributed by atoms with E-state index in [0.717, 1.165) is 0 Å². The highest BCUT2D eigenvalue weighted by atomic mass is 16.4. The van der Waals surface area contributed by atoms with E-state index in [1.54, 1.807) is 0 Å². The fourth-order valence-electron chi connectivity index (χ4n) is 0. The predicted molar refractivity (Wildman–Crippen MR) is 22.5 cm³/mol. The van der Waals surface area contributed by atoms with Gasteiger partial charge in [-0.3, -0.25) is 4.79 Å². The molecule has 6 heavy (non-hydrogen) atoms. The Morgan fingerprint density at radius 1 is 2.33 bits per heavy atom. The SMILES string of the molecule is [2H]C([2H])C([2H])(C(=O)O)C([2H])([2H])[2H]. The lowest BCUT2D eigenvalue weighted by molar-refractivity contribution is -0.140. The molecule has 1 N–H and O–H groups in total. The van der Waals surface area contributed by atoms with Gasteiger partial charge in [0.25, 0.3) is 0 Å². The summed E-state index contributed by atoms with van der Waals surface area (Å²) in [7, 11) is 0. The number of hydrogen-bond acceptors (Lipinski definition) is 1. The molecule has 36 valence electrons. The molecule has 0 aliphatic rings. The van der Waals surface area contributed by atoms with E-state index in [1.807, 2.05) is 0 Å². The molecular formula is C4H8O2. The molecule has 0 aliphatic heterocycles. The maximum atomic E-state index is 10.3. The number of rotatable bonds is 1. The summed E-state index contributed by atoms with van der Waals surface area (Å²) in [5.41, 5.74) is 0. The Labute approximate surface area is 45.2 Å². The van der Waals surface area contributed by atoms with Gasteiger partial charge in [-0.15, -0.1) is 0 Å². The lowest BCUT2D eigenvalue weighted by Crippen LogP contribution is -2.03. The quantitative estimate of drug-likeness (QED) is 0.520. The molecule has 0 amide bonds. The standard InChI is InChI=1S/C4H8O2/c1-3(2)4(5)6/h3H,1-2H3,(H,5,6)/i1D2,2D3,3D. The Morgan fingerprint density at radius 2 is 3.00 bits per heavy atom. The molecule has 1 unspecified atom stereocenters. The molecule has 0 rings (SSSR count). The van der Waals surface area contributed by atoms with Gasteiger partial charge >= 0.3 is 5.97 Å². The van der Waals surface area contributed by atoms with Crippen molar-refractivity contribution >= 4 is 5.97 Å². The van der Waals surface area contributed by atoms with Crippen molar-refractivity contribution in [3.63, 3.8) is 0 Å². The highest BCUT2D eigenvalue weighted by molar-refractivity contribution is 5.68. The van der Waals surface area contributed by atoms with Crippen LogP contribution < -0.4 is 0 Å². The molecule has 2 nitrogen and oxygen atoms in total. The van der Waals surface area contributed by atoms with Gasteiger partial charge in [0.2, 0.25) is 0 Å². The summed E-state index contributed by atoms with van der Waals surface area (Å²) in [4.78, 5) is 10.3. The van der Waals surface area contributed by atoms with Crippen LogP contribution >= 0.6 is 0 Å². The average Bonchev–Trinajstić information content (AvgIpc) is 1.82. The van der Waals surface area contributed by atoms with E-state index in [1.165, 1.54) is 0 Å². The van der Waals surface area contributed by atoms with E-state index in [0.29, 0.717) is 0 Å². The number of carboxylic acid groups (broad SMARTS) is 1. The first-order chi connectivity index (χ1) is 5.14. The average molecular weight is 94.1 g/mol. The highest BCUT2D eigenvalue weighted by Gasteiger charge is 1.99. The van der Waals surface area contributed by atoms with Crippen molar-refractivity contribution in [3.8, 4) is 0 Å². The Morgan fingerprint density at radius 3 is 3.00 bits per heavy atom. The van der Waals surface area contributed by atoms with Crippen LogP contribution in [0.25, 0.3) is 0 Å². The van der Waals surface area contributed by atoms with Crippen LogP contribution in [0.15, 0.2) is 0 Å². The summed E-state index contributed by atoms with van der Waals surface area (Å²) in [6.45, 7) is -5.41. The van der Waals surface area contributed by atoms with Crippen LogP contribution in [0.2, 0.25) is 0 Å². The molecule has 0 aromatic rings. The normalized spacial score (nSPS) is 36.2. The van der Waals surface area contributed by atoms with Crippen molar-refractivity contribution < 1.29 is 18.1 Å². The van der Waals surface area contributed by atoms with Gasteiger partial charge in [-0.2, -0.15) is 0 Å². The van der Waals surface area contributed by atoms with Gasteiger partial charge in [0.1, 0.15) is 0 Å². The first kappa shape index (κ1) is 0.997. The highest BCUT2D eigenvalue weighted by Crippen LogP contribution is 1.87. The molecular weight excluding hydrogens is 80.0 g/mol. The molecule has 0 aliphatic carbocycles. The second-order valence-electron chi connectivity index (χ2n) is 0.719. The third kappa shape index (κ3) is 1.76. The van der Waals surface area contributed by atoms with Crippen LogP contribution in [0.3, 0.4) is 0 Å². The number of carboxylic acids is 1. The minimum atomic E-state index is -3.16. The Hall–Kier alpha value is -0.530. The lowest BCUT2D eigenvalue weighted by atomic mass is 10.2. The van der Waals surface area contributed by atoms with E-state index >= 15 is 0 Å². The maximum Gasteiger partial charge on any atom is 0.305 e. The molecule has 0 saturated carbocycles. The second kappa shape index (κ2) is 1.80. The number of carbonyl (C=O) groups is 1. The first-order valence-electron chi connectivity index (χ1n) is 4.37. The molecule has 1 atom stereocenters. The minimum Gasteiger partial charge on any atom is -0.481 e. The van der Waals surface area contributed by atoms with Crippen LogP contribution in [0.4, 0.5) is 0 Å².